The predicted octanol–water partition coefficient (Wildman–Crippen LogP) is 8.14. The Hall–Kier alpha value is -2.16. The minimum absolute atomic E-state index is 0.0362. The molecular formula is C31H34NOPS. The summed E-state index contributed by atoms with van der Waals surface area (Å²) in [6, 6.07) is 32.2. The highest BCUT2D eigenvalue weighted by Gasteiger charge is 2.54. The molecule has 2 aliphatic heterocycles. The zero-order valence-electron chi connectivity index (χ0n) is 21.2. The number of hydrogen-bond donors (Lipinski definition) is 1. The number of nitrogens with one attached hydrogen (secondary N) is 1. The molecule has 0 spiro atoms. The van der Waals surface area contributed by atoms with E-state index in [2.05, 4.69) is 110 Å². The molecule has 2 heterocycles. The fourth-order valence-corrected chi connectivity index (χ4v) is 10.2. The van der Waals surface area contributed by atoms with Crippen molar-refractivity contribution in [2.24, 2.45) is 5.41 Å². The van der Waals surface area contributed by atoms with E-state index in [1.54, 1.807) is 0 Å². The first-order valence-electron chi connectivity index (χ1n) is 12.3. The third-order valence-electron chi connectivity index (χ3n) is 7.32. The Morgan fingerprint density at radius 3 is 1.91 bits per heavy atom. The standard InChI is InChI=1S/C31H34NOPS/c1-22-28(25-19-13-8-14-20-25)34-21-31(22,5)26(23-15-9-6-10-16-23)29(34)27(24-17-11-7-12-18-24)32-35(33)30(2,3)4/h6-20,27,32H,21H2,1-5H3/t27-,31-,34+,35+/m1/s1. The van der Waals surface area contributed by atoms with Gasteiger partial charge in [0.25, 0.3) is 0 Å². The van der Waals surface area contributed by atoms with Gasteiger partial charge in [-0.15, -0.1) is 4.72 Å². The van der Waals surface area contributed by atoms with Crippen molar-refractivity contribution in [1.29, 1.82) is 0 Å². The molecular weight excluding hydrogens is 465 g/mol. The third kappa shape index (κ3) is 4.34. The van der Waals surface area contributed by atoms with Crippen molar-refractivity contribution in [3.8, 4) is 0 Å². The Morgan fingerprint density at radius 2 is 1.37 bits per heavy atom. The van der Waals surface area contributed by atoms with Gasteiger partial charge in [0, 0.05) is 16.8 Å². The lowest BCUT2D eigenvalue weighted by atomic mass is 9.73. The first kappa shape index (κ1) is 24.5. The Bertz CT molecular complexity index is 1260. The second-order valence-electron chi connectivity index (χ2n) is 10.7. The van der Waals surface area contributed by atoms with Gasteiger partial charge in [0.2, 0.25) is 0 Å². The molecule has 1 N–H and O–H groups in total. The number of hydrogen-bond acceptors (Lipinski definition) is 2. The largest absolute Gasteiger partial charge is 0.598 e. The van der Waals surface area contributed by atoms with Crippen molar-refractivity contribution in [2.45, 2.75) is 45.4 Å². The molecule has 35 heavy (non-hydrogen) atoms. The second kappa shape index (κ2) is 9.37. The lowest BCUT2D eigenvalue weighted by Crippen LogP contribution is -2.41. The van der Waals surface area contributed by atoms with Crippen LogP contribution in [0.3, 0.4) is 0 Å². The van der Waals surface area contributed by atoms with Crippen molar-refractivity contribution in [2.75, 3.05) is 6.16 Å². The first-order valence-corrected chi connectivity index (χ1v) is 15.0. The molecule has 0 fully saturated rings. The fraction of sp³-hybridized carbons (Fsp3) is 0.290. The first-order chi connectivity index (χ1) is 16.7. The normalized spacial score (nSPS) is 23.7. The maximum atomic E-state index is 13.5. The quantitative estimate of drug-likeness (QED) is 0.274. The number of allylic oxidation sites excluding steroid dienone is 2. The molecule has 0 unspecified atom stereocenters. The summed E-state index contributed by atoms with van der Waals surface area (Å²) in [6.07, 6.45) is 1.12. The molecule has 0 aromatic heterocycles. The zero-order valence-corrected chi connectivity index (χ0v) is 22.9. The Morgan fingerprint density at radius 1 is 0.857 bits per heavy atom. The van der Waals surface area contributed by atoms with Gasteiger partial charge in [-0.1, -0.05) is 103 Å². The molecule has 0 aliphatic carbocycles. The van der Waals surface area contributed by atoms with Crippen LogP contribution in [0.15, 0.2) is 102 Å². The van der Waals surface area contributed by atoms with Gasteiger partial charge in [0.05, 0.1) is 0 Å². The summed E-state index contributed by atoms with van der Waals surface area (Å²) < 4.78 is 16.8. The summed E-state index contributed by atoms with van der Waals surface area (Å²) >= 11 is -1.21. The molecule has 2 bridgehead atoms. The average Bonchev–Trinajstić information content (AvgIpc) is 3.30. The van der Waals surface area contributed by atoms with Crippen LogP contribution in [0.5, 0.6) is 0 Å². The van der Waals surface area contributed by atoms with E-state index in [1.807, 2.05) is 20.8 Å². The molecule has 0 saturated carbocycles. The van der Waals surface area contributed by atoms with Gasteiger partial charge in [-0.05, 0) is 74.7 Å². The van der Waals surface area contributed by atoms with Gasteiger partial charge in [0.15, 0.2) is 0 Å². The highest BCUT2D eigenvalue weighted by atomic mass is 32.2. The second-order valence-corrected chi connectivity index (χ2v) is 14.8. The topological polar surface area (TPSA) is 35.1 Å². The van der Waals surface area contributed by atoms with Gasteiger partial charge in [0.1, 0.15) is 10.8 Å². The van der Waals surface area contributed by atoms with Gasteiger partial charge in [-0.3, -0.25) is 0 Å². The highest BCUT2D eigenvalue weighted by molar-refractivity contribution is 7.90. The lowest BCUT2D eigenvalue weighted by molar-refractivity contribution is 0.536. The Labute approximate surface area is 214 Å². The summed E-state index contributed by atoms with van der Waals surface area (Å²) in [5.41, 5.74) is 6.66. The summed E-state index contributed by atoms with van der Waals surface area (Å²) in [5, 5.41) is 2.93. The van der Waals surface area contributed by atoms with E-state index in [-0.39, 0.29) is 16.2 Å². The van der Waals surface area contributed by atoms with E-state index in [9.17, 15) is 4.55 Å². The Kier molecular flexibility index (Phi) is 6.57. The maximum Gasteiger partial charge on any atom is 0.136 e. The third-order valence-corrected chi connectivity index (χ3v) is 12.0. The molecule has 4 atom stereocenters. The fourth-order valence-electron chi connectivity index (χ4n) is 5.42. The molecule has 0 amide bonds. The lowest BCUT2D eigenvalue weighted by Gasteiger charge is -2.35. The van der Waals surface area contributed by atoms with Crippen molar-refractivity contribution in [3.63, 3.8) is 0 Å². The van der Waals surface area contributed by atoms with Crippen LogP contribution in [0.1, 0.15) is 57.4 Å². The van der Waals surface area contributed by atoms with Gasteiger partial charge in [-0.2, -0.15) is 0 Å². The van der Waals surface area contributed by atoms with Gasteiger partial charge in [-0.25, -0.2) is 0 Å². The van der Waals surface area contributed by atoms with Crippen LogP contribution in [0.2, 0.25) is 0 Å². The molecule has 3 aromatic rings. The molecule has 180 valence electrons. The molecule has 2 aliphatic rings. The van der Waals surface area contributed by atoms with E-state index >= 15 is 0 Å². The maximum absolute atomic E-state index is 13.5. The van der Waals surface area contributed by atoms with E-state index in [0.717, 1.165) is 6.16 Å². The number of benzene rings is 3. The van der Waals surface area contributed by atoms with Crippen LogP contribution in [-0.4, -0.2) is 15.5 Å². The van der Waals surface area contributed by atoms with Crippen molar-refractivity contribution in [1.82, 2.24) is 4.72 Å². The zero-order chi connectivity index (χ0) is 24.8. The summed E-state index contributed by atoms with van der Waals surface area (Å²) in [7, 11) is -0.590. The Balaban J connectivity index is 1.74. The van der Waals surface area contributed by atoms with Crippen LogP contribution < -0.4 is 4.72 Å². The highest BCUT2D eigenvalue weighted by Crippen LogP contribution is 2.79. The van der Waals surface area contributed by atoms with Crippen LogP contribution >= 0.6 is 7.92 Å². The van der Waals surface area contributed by atoms with Crippen LogP contribution in [0, 0.1) is 5.41 Å². The molecule has 5 rings (SSSR count). The molecule has 0 radical (unpaired) electrons. The van der Waals surface area contributed by atoms with Gasteiger partial charge >= 0.3 is 0 Å². The molecule has 0 saturated heterocycles. The van der Waals surface area contributed by atoms with Crippen molar-refractivity contribution < 1.29 is 4.55 Å². The molecule has 2 nitrogen and oxygen atoms in total. The van der Waals surface area contributed by atoms with E-state index in [0.29, 0.717) is 0 Å². The van der Waals surface area contributed by atoms with E-state index in [1.165, 1.54) is 38.5 Å². The summed E-state index contributed by atoms with van der Waals surface area (Å²) in [4.78, 5) is 0. The minimum Gasteiger partial charge on any atom is -0.598 e. The minimum atomic E-state index is -1.21. The SMILES string of the molecule is CC1=C(c2ccccc2)[P@]2C[C@@]1(C)C(c1ccccc1)=C2[C@H](N[S@@+]([O-])C(C)(C)C)c1ccccc1. The van der Waals surface area contributed by atoms with Gasteiger partial charge < -0.3 is 4.55 Å². The number of fused-ring (bicyclic) bond motifs is 2. The summed E-state index contributed by atoms with van der Waals surface area (Å²) in [6.45, 7) is 10.9. The van der Waals surface area contributed by atoms with Crippen molar-refractivity contribution >= 4 is 30.2 Å². The van der Waals surface area contributed by atoms with Crippen LogP contribution in [-0.2, 0) is 11.4 Å². The monoisotopic (exact) mass is 499 g/mol. The van der Waals surface area contributed by atoms with Crippen LogP contribution in [0.4, 0.5) is 0 Å². The van der Waals surface area contributed by atoms with E-state index in [4.69, 9.17) is 0 Å². The number of rotatable bonds is 6. The molecule has 4 heteroatoms. The summed E-state index contributed by atoms with van der Waals surface area (Å²) in [5.74, 6) is 0. The van der Waals surface area contributed by atoms with Crippen molar-refractivity contribution in [3.05, 3.63) is 119 Å². The van der Waals surface area contributed by atoms with Crippen LogP contribution in [0.25, 0.3) is 10.9 Å². The molecule has 3 aromatic carbocycles. The average molecular weight is 500 g/mol. The smallest absolute Gasteiger partial charge is 0.136 e. The van der Waals surface area contributed by atoms with E-state index < -0.39 is 19.3 Å². The predicted molar refractivity (Wildman–Crippen MR) is 153 cm³/mol.